The van der Waals surface area contributed by atoms with Crippen molar-refractivity contribution in [3.05, 3.63) is 0 Å². The van der Waals surface area contributed by atoms with E-state index in [4.69, 9.17) is 11.5 Å². The minimum Gasteiger partial charge on any atom is -0.330 e. The van der Waals surface area contributed by atoms with Gasteiger partial charge in [0.05, 0.1) is 0 Å². The molecule has 0 aromatic rings. The molecular weight excluding hydrogens is 448 g/mol. The molecule has 4 fully saturated rings. The molecule has 2 aliphatic heterocycles. The minimum atomic E-state index is 0.813. The normalized spacial score (nSPS) is 22.5. The van der Waals surface area contributed by atoms with Crippen LogP contribution in [0.5, 0.6) is 0 Å². The van der Waals surface area contributed by atoms with Crippen LogP contribution in [0.3, 0.4) is 0 Å². The number of nitrogens with zero attached hydrogens (tertiary/aromatic N) is 4. The van der Waals surface area contributed by atoms with Crippen molar-refractivity contribution in [3.63, 3.8) is 0 Å². The molecule has 212 valence electrons. The van der Waals surface area contributed by atoms with Crippen LogP contribution in [0, 0.1) is 11.8 Å². The third kappa shape index (κ3) is 14.6. The summed E-state index contributed by atoms with van der Waals surface area (Å²) in [5.74, 6) is 2.03. The average Bonchev–Trinajstić information content (AvgIpc) is 3.84. The Kier molecular flexibility index (Phi) is 15.8. The van der Waals surface area contributed by atoms with E-state index in [-0.39, 0.29) is 0 Å². The first kappa shape index (κ1) is 30.2. The van der Waals surface area contributed by atoms with Crippen LogP contribution in [-0.2, 0) is 0 Å². The Bertz CT molecular complexity index is 466. The number of rotatable bonds is 18. The van der Waals surface area contributed by atoms with Crippen molar-refractivity contribution in [2.75, 3.05) is 118 Å². The van der Waals surface area contributed by atoms with Gasteiger partial charge in [0.1, 0.15) is 0 Å². The van der Waals surface area contributed by atoms with E-state index in [1.54, 1.807) is 0 Å². The molecule has 0 spiro atoms. The highest BCUT2D eigenvalue weighted by Crippen LogP contribution is 2.27. The molecule has 0 atom stereocenters. The van der Waals surface area contributed by atoms with Crippen LogP contribution >= 0.6 is 0 Å². The third-order valence-electron chi connectivity index (χ3n) is 8.20. The Morgan fingerprint density at radius 1 is 0.472 bits per heavy atom. The first-order chi connectivity index (χ1) is 17.8. The zero-order valence-corrected chi connectivity index (χ0v) is 23.5. The predicted octanol–water partition coefficient (Wildman–Crippen LogP) is 0.685. The van der Waals surface area contributed by atoms with Gasteiger partial charge in [0.15, 0.2) is 0 Å². The van der Waals surface area contributed by atoms with Crippen molar-refractivity contribution in [1.82, 2.24) is 30.2 Å². The first-order valence-electron chi connectivity index (χ1n) is 15.5. The summed E-state index contributed by atoms with van der Waals surface area (Å²) in [6.45, 7) is 21.4. The van der Waals surface area contributed by atoms with Gasteiger partial charge in [-0.3, -0.25) is 0 Å². The summed E-state index contributed by atoms with van der Waals surface area (Å²) < 4.78 is 0. The SMILES string of the molecule is C(CNCC1CC1)CN1CCN(CCCNCC2CC2)CC1.NCCCN1CCN(CCCN)CC1. The smallest absolute Gasteiger partial charge is 0.0110 e. The zero-order chi connectivity index (χ0) is 25.3. The highest BCUT2D eigenvalue weighted by atomic mass is 15.3. The summed E-state index contributed by atoms with van der Waals surface area (Å²) in [5, 5.41) is 7.21. The molecule has 0 amide bonds. The molecule has 2 saturated carbocycles. The lowest BCUT2D eigenvalue weighted by Crippen LogP contribution is -2.47. The molecule has 0 unspecified atom stereocenters. The van der Waals surface area contributed by atoms with Gasteiger partial charge in [-0.2, -0.15) is 0 Å². The summed E-state index contributed by atoms with van der Waals surface area (Å²) in [7, 11) is 0. The second-order valence-corrected chi connectivity index (χ2v) is 11.7. The fourth-order valence-electron chi connectivity index (χ4n) is 5.21. The molecular formula is C28H60N8. The molecule has 6 N–H and O–H groups in total. The van der Waals surface area contributed by atoms with Gasteiger partial charge in [-0.05, 0) is 129 Å². The molecule has 2 heterocycles. The second kappa shape index (κ2) is 18.9. The van der Waals surface area contributed by atoms with Crippen molar-refractivity contribution in [2.45, 2.75) is 51.4 Å². The van der Waals surface area contributed by atoms with Crippen molar-refractivity contribution in [3.8, 4) is 0 Å². The fourth-order valence-corrected chi connectivity index (χ4v) is 5.21. The topological polar surface area (TPSA) is 89.1 Å². The molecule has 8 nitrogen and oxygen atoms in total. The van der Waals surface area contributed by atoms with Gasteiger partial charge in [0, 0.05) is 52.4 Å². The maximum Gasteiger partial charge on any atom is 0.0110 e. The Labute approximate surface area is 222 Å². The molecule has 0 radical (unpaired) electrons. The van der Waals surface area contributed by atoms with Crippen LogP contribution in [0.25, 0.3) is 0 Å². The lowest BCUT2D eigenvalue weighted by Gasteiger charge is -2.34. The lowest BCUT2D eigenvalue weighted by atomic mass is 10.2. The van der Waals surface area contributed by atoms with Gasteiger partial charge in [0.25, 0.3) is 0 Å². The Hall–Kier alpha value is -0.320. The van der Waals surface area contributed by atoms with Gasteiger partial charge in [0.2, 0.25) is 0 Å². The van der Waals surface area contributed by atoms with Crippen LogP contribution in [0.4, 0.5) is 0 Å². The summed E-state index contributed by atoms with van der Waals surface area (Å²) in [5.41, 5.74) is 11.0. The largest absolute Gasteiger partial charge is 0.330 e. The molecule has 0 aromatic carbocycles. The van der Waals surface area contributed by atoms with E-state index in [2.05, 4.69) is 30.2 Å². The summed E-state index contributed by atoms with van der Waals surface area (Å²) in [4.78, 5) is 10.3. The molecule has 8 heteroatoms. The standard InChI is InChI=1S/C18H36N4.C10H24N4/c1(7-19-15-17-3-4-17)9-21-11-13-22(14-12-21)10-2-8-20-16-18-5-6-18;11-3-1-5-13-7-9-14(10-8-13)6-2-4-12/h17-20H,1-16H2;1-12H2. The van der Waals surface area contributed by atoms with Crippen LogP contribution in [0.1, 0.15) is 51.4 Å². The average molecular weight is 509 g/mol. The first-order valence-corrected chi connectivity index (χ1v) is 15.5. The van der Waals surface area contributed by atoms with E-state index in [0.717, 1.165) is 37.8 Å². The predicted molar refractivity (Wildman–Crippen MR) is 154 cm³/mol. The highest BCUT2D eigenvalue weighted by molar-refractivity contribution is 4.77. The quantitative estimate of drug-likeness (QED) is 0.201. The van der Waals surface area contributed by atoms with Crippen LogP contribution in [0.2, 0.25) is 0 Å². The molecule has 36 heavy (non-hydrogen) atoms. The van der Waals surface area contributed by atoms with Gasteiger partial charge in [-0.25, -0.2) is 0 Å². The highest BCUT2D eigenvalue weighted by Gasteiger charge is 2.21. The van der Waals surface area contributed by atoms with Crippen molar-refractivity contribution in [2.24, 2.45) is 23.3 Å². The van der Waals surface area contributed by atoms with Crippen molar-refractivity contribution < 1.29 is 0 Å². The number of piperazine rings is 2. The molecule has 0 aromatic heterocycles. The third-order valence-corrected chi connectivity index (χ3v) is 8.20. The van der Waals surface area contributed by atoms with Gasteiger partial charge < -0.3 is 41.7 Å². The monoisotopic (exact) mass is 508 g/mol. The Morgan fingerprint density at radius 3 is 1.06 bits per heavy atom. The van der Waals surface area contributed by atoms with Gasteiger partial charge in [-0.15, -0.1) is 0 Å². The lowest BCUT2D eigenvalue weighted by molar-refractivity contribution is 0.130. The van der Waals surface area contributed by atoms with Gasteiger partial charge >= 0.3 is 0 Å². The van der Waals surface area contributed by atoms with E-state index < -0.39 is 0 Å². The summed E-state index contributed by atoms with van der Waals surface area (Å²) in [6.07, 6.45) is 10.7. The number of hydrogen-bond donors (Lipinski definition) is 4. The molecule has 2 aliphatic carbocycles. The molecule has 4 rings (SSSR count). The Morgan fingerprint density at radius 2 is 0.778 bits per heavy atom. The number of nitrogens with two attached hydrogens (primary N) is 2. The van der Waals surface area contributed by atoms with Crippen molar-refractivity contribution in [1.29, 1.82) is 0 Å². The molecule has 0 bridgehead atoms. The van der Waals surface area contributed by atoms with Crippen LogP contribution < -0.4 is 22.1 Å². The molecule has 2 saturated heterocycles. The summed E-state index contributed by atoms with van der Waals surface area (Å²) >= 11 is 0. The van der Waals surface area contributed by atoms with E-state index in [9.17, 15) is 0 Å². The zero-order valence-electron chi connectivity index (χ0n) is 23.5. The fraction of sp³-hybridized carbons (Fsp3) is 1.00. The van der Waals surface area contributed by atoms with Crippen LogP contribution in [0.15, 0.2) is 0 Å². The number of hydrogen-bond acceptors (Lipinski definition) is 8. The van der Waals surface area contributed by atoms with Gasteiger partial charge in [-0.1, -0.05) is 0 Å². The minimum absolute atomic E-state index is 0.813. The van der Waals surface area contributed by atoms with E-state index in [1.807, 2.05) is 0 Å². The summed E-state index contributed by atoms with van der Waals surface area (Å²) in [6, 6.07) is 0. The van der Waals surface area contributed by atoms with Crippen LogP contribution in [-0.4, -0.2) is 137 Å². The maximum absolute atomic E-state index is 5.49. The second-order valence-electron chi connectivity index (χ2n) is 11.7. The number of nitrogens with one attached hydrogen (secondary N) is 2. The Balaban J connectivity index is 0.000000223. The van der Waals surface area contributed by atoms with Crippen molar-refractivity contribution >= 4 is 0 Å². The van der Waals surface area contributed by atoms with E-state index in [1.165, 1.54) is 143 Å². The van der Waals surface area contributed by atoms with E-state index >= 15 is 0 Å². The molecule has 4 aliphatic rings. The maximum atomic E-state index is 5.49. The van der Waals surface area contributed by atoms with E-state index in [0.29, 0.717) is 0 Å².